The SMILES string of the molecule is CC(=O)NC[C@H]1CN(c2cc(F)c(-c3ccc(-c4cnco4)cc3)c(F)c2)C(=O)O1. The van der Waals surface area contributed by atoms with E-state index in [0.717, 1.165) is 22.6 Å². The summed E-state index contributed by atoms with van der Waals surface area (Å²) in [5, 5.41) is 2.55. The Labute approximate surface area is 170 Å². The van der Waals surface area contributed by atoms with Crippen LogP contribution in [0.15, 0.2) is 53.4 Å². The summed E-state index contributed by atoms with van der Waals surface area (Å²) in [4.78, 5) is 28.1. The molecule has 2 amide bonds. The molecule has 0 saturated carbocycles. The second-order valence-electron chi connectivity index (χ2n) is 6.78. The summed E-state index contributed by atoms with van der Waals surface area (Å²) in [6.07, 6.45) is 1.51. The number of hydrogen-bond donors (Lipinski definition) is 1. The number of oxazole rings is 1. The molecule has 2 heterocycles. The molecule has 1 atom stereocenters. The van der Waals surface area contributed by atoms with Gasteiger partial charge in [0.2, 0.25) is 5.91 Å². The third-order valence-electron chi connectivity index (χ3n) is 4.68. The summed E-state index contributed by atoms with van der Waals surface area (Å²) >= 11 is 0. The zero-order valence-electron chi connectivity index (χ0n) is 15.9. The highest BCUT2D eigenvalue weighted by atomic mass is 19.1. The third kappa shape index (κ3) is 3.86. The minimum absolute atomic E-state index is 0.0438. The van der Waals surface area contributed by atoms with E-state index in [1.165, 1.54) is 13.3 Å². The summed E-state index contributed by atoms with van der Waals surface area (Å²) in [7, 11) is 0. The van der Waals surface area contributed by atoms with E-state index in [0.29, 0.717) is 11.3 Å². The minimum Gasteiger partial charge on any atom is -0.444 e. The van der Waals surface area contributed by atoms with Gasteiger partial charge in [0.1, 0.15) is 17.7 Å². The number of cyclic esters (lactones) is 1. The van der Waals surface area contributed by atoms with E-state index in [1.54, 1.807) is 30.5 Å². The van der Waals surface area contributed by atoms with Crippen LogP contribution in [0.4, 0.5) is 19.3 Å². The summed E-state index contributed by atoms with van der Waals surface area (Å²) in [6.45, 7) is 1.54. The zero-order valence-corrected chi connectivity index (χ0v) is 15.9. The molecule has 1 fully saturated rings. The summed E-state index contributed by atoms with van der Waals surface area (Å²) < 4.78 is 39.9. The Morgan fingerprint density at radius 1 is 1.20 bits per heavy atom. The Kier molecular flexibility index (Phi) is 5.18. The molecule has 1 N–H and O–H groups in total. The van der Waals surface area contributed by atoms with Crippen LogP contribution >= 0.6 is 0 Å². The maximum atomic E-state index is 14.8. The molecular formula is C21H17F2N3O4. The lowest BCUT2D eigenvalue weighted by molar-refractivity contribution is -0.119. The summed E-state index contributed by atoms with van der Waals surface area (Å²) in [6, 6.07) is 8.68. The van der Waals surface area contributed by atoms with Crippen LogP contribution in [-0.2, 0) is 9.53 Å². The van der Waals surface area contributed by atoms with E-state index in [2.05, 4.69) is 10.3 Å². The Bertz CT molecular complexity index is 1060. The number of rotatable bonds is 5. The van der Waals surface area contributed by atoms with Crippen LogP contribution in [-0.4, -0.2) is 36.2 Å². The third-order valence-corrected chi connectivity index (χ3v) is 4.68. The molecule has 0 bridgehead atoms. The lowest BCUT2D eigenvalue weighted by Crippen LogP contribution is -2.33. The van der Waals surface area contributed by atoms with Crippen LogP contribution in [0.5, 0.6) is 0 Å². The number of ether oxygens (including phenoxy) is 1. The quantitative estimate of drug-likeness (QED) is 0.689. The van der Waals surface area contributed by atoms with Crippen LogP contribution in [0.3, 0.4) is 0 Å². The largest absolute Gasteiger partial charge is 0.444 e. The van der Waals surface area contributed by atoms with E-state index in [4.69, 9.17) is 9.15 Å². The van der Waals surface area contributed by atoms with Gasteiger partial charge in [0.15, 0.2) is 12.2 Å². The second-order valence-corrected chi connectivity index (χ2v) is 6.78. The van der Waals surface area contributed by atoms with Crippen molar-refractivity contribution in [2.45, 2.75) is 13.0 Å². The fourth-order valence-electron chi connectivity index (χ4n) is 3.25. The van der Waals surface area contributed by atoms with Crippen molar-refractivity contribution in [3.63, 3.8) is 0 Å². The Hall–Kier alpha value is -3.75. The van der Waals surface area contributed by atoms with E-state index >= 15 is 0 Å². The Balaban J connectivity index is 1.57. The molecule has 30 heavy (non-hydrogen) atoms. The molecule has 1 saturated heterocycles. The molecule has 1 aliphatic rings. The molecular weight excluding hydrogens is 396 g/mol. The van der Waals surface area contributed by atoms with Gasteiger partial charge in [-0.2, -0.15) is 0 Å². The number of nitrogens with zero attached hydrogens (tertiary/aromatic N) is 2. The highest BCUT2D eigenvalue weighted by molar-refractivity contribution is 5.90. The standard InChI is InChI=1S/C21H17F2N3O4/c1-12(27)25-8-16-10-26(21(28)30-16)15-6-17(22)20(18(23)7-15)14-4-2-13(3-5-14)19-9-24-11-29-19/h2-7,9,11,16H,8,10H2,1H3,(H,25,27)/t16-/m0/s1. The fraction of sp³-hybridized carbons (Fsp3) is 0.190. The molecule has 4 rings (SSSR count). The first-order chi connectivity index (χ1) is 14.4. The van der Waals surface area contributed by atoms with E-state index in [-0.39, 0.29) is 30.2 Å². The van der Waals surface area contributed by atoms with Gasteiger partial charge >= 0.3 is 6.09 Å². The van der Waals surface area contributed by atoms with Gasteiger partial charge in [-0.15, -0.1) is 0 Å². The molecule has 0 radical (unpaired) electrons. The molecule has 0 aliphatic carbocycles. The number of hydrogen-bond acceptors (Lipinski definition) is 5. The average molecular weight is 413 g/mol. The number of benzene rings is 2. The van der Waals surface area contributed by atoms with Crippen molar-refractivity contribution < 1.29 is 27.5 Å². The molecule has 0 unspecified atom stereocenters. The molecule has 9 heteroatoms. The number of halogens is 2. The zero-order chi connectivity index (χ0) is 21.3. The van der Waals surface area contributed by atoms with Gasteiger partial charge in [0.25, 0.3) is 0 Å². The number of amides is 2. The highest BCUT2D eigenvalue weighted by Gasteiger charge is 2.33. The average Bonchev–Trinajstić information content (AvgIpc) is 3.36. The summed E-state index contributed by atoms with van der Waals surface area (Å²) in [5.41, 5.74) is 0.902. The number of nitrogens with one attached hydrogen (secondary N) is 1. The van der Waals surface area contributed by atoms with Crippen LogP contribution < -0.4 is 10.2 Å². The normalized spacial score (nSPS) is 15.9. The molecule has 2 aromatic carbocycles. The maximum absolute atomic E-state index is 14.8. The lowest BCUT2D eigenvalue weighted by Gasteiger charge is -2.15. The van der Waals surface area contributed by atoms with Crippen molar-refractivity contribution >= 4 is 17.7 Å². The van der Waals surface area contributed by atoms with Gasteiger partial charge in [-0.1, -0.05) is 24.3 Å². The smallest absolute Gasteiger partial charge is 0.414 e. The van der Waals surface area contributed by atoms with Gasteiger partial charge < -0.3 is 14.5 Å². The number of carbonyl (C=O) groups is 2. The topological polar surface area (TPSA) is 84.7 Å². The molecule has 1 aromatic heterocycles. The van der Waals surface area contributed by atoms with Crippen LogP contribution in [0.25, 0.3) is 22.5 Å². The van der Waals surface area contributed by atoms with E-state index < -0.39 is 23.8 Å². The van der Waals surface area contributed by atoms with Gasteiger partial charge in [-0.25, -0.2) is 18.6 Å². The first-order valence-electron chi connectivity index (χ1n) is 9.13. The van der Waals surface area contributed by atoms with Crippen molar-refractivity contribution in [2.75, 3.05) is 18.0 Å². The molecule has 7 nitrogen and oxygen atoms in total. The number of carbonyl (C=O) groups excluding carboxylic acids is 2. The van der Waals surface area contributed by atoms with Crippen LogP contribution in [0.1, 0.15) is 6.92 Å². The van der Waals surface area contributed by atoms with E-state index in [1.807, 2.05) is 0 Å². The molecule has 0 spiro atoms. The fourth-order valence-corrected chi connectivity index (χ4v) is 3.25. The van der Waals surface area contributed by atoms with Gasteiger partial charge in [-0.05, 0) is 17.7 Å². The molecule has 3 aromatic rings. The molecule has 1 aliphatic heterocycles. The Morgan fingerprint density at radius 3 is 2.47 bits per heavy atom. The first-order valence-corrected chi connectivity index (χ1v) is 9.13. The Morgan fingerprint density at radius 2 is 1.87 bits per heavy atom. The molecule has 154 valence electrons. The van der Waals surface area contributed by atoms with Crippen molar-refractivity contribution in [3.8, 4) is 22.5 Å². The van der Waals surface area contributed by atoms with Crippen molar-refractivity contribution in [1.82, 2.24) is 10.3 Å². The van der Waals surface area contributed by atoms with Crippen LogP contribution in [0.2, 0.25) is 0 Å². The van der Waals surface area contributed by atoms with Crippen molar-refractivity contribution in [1.29, 1.82) is 0 Å². The first kappa shape index (κ1) is 19.6. The monoisotopic (exact) mass is 413 g/mol. The predicted molar refractivity (Wildman–Crippen MR) is 104 cm³/mol. The van der Waals surface area contributed by atoms with E-state index in [9.17, 15) is 18.4 Å². The summed E-state index contributed by atoms with van der Waals surface area (Å²) in [5.74, 6) is -1.34. The lowest BCUT2D eigenvalue weighted by atomic mass is 10.0. The highest BCUT2D eigenvalue weighted by Crippen LogP contribution is 2.33. The minimum atomic E-state index is -0.810. The number of aromatic nitrogens is 1. The van der Waals surface area contributed by atoms with Gasteiger partial charge in [0, 0.05) is 12.5 Å². The van der Waals surface area contributed by atoms with Crippen molar-refractivity contribution in [2.24, 2.45) is 0 Å². The predicted octanol–water partition coefficient (Wildman–Crippen LogP) is 3.75. The second kappa shape index (κ2) is 7.94. The van der Waals surface area contributed by atoms with Gasteiger partial charge in [0.05, 0.1) is 30.5 Å². The maximum Gasteiger partial charge on any atom is 0.414 e. The van der Waals surface area contributed by atoms with Crippen LogP contribution in [0, 0.1) is 11.6 Å². The number of anilines is 1. The van der Waals surface area contributed by atoms with Crippen molar-refractivity contribution in [3.05, 3.63) is 60.6 Å². The van der Waals surface area contributed by atoms with Gasteiger partial charge in [-0.3, -0.25) is 9.69 Å².